The highest BCUT2D eigenvalue weighted by Gasteiger charge is 2.70. The van der Waals surface area contributed by atoms with Gasteiger partial charge in [-0.15, -0.1) is 0 Å². The molecule has 8 aliphatic rings. The van der Waals surface area contributed by atoms with Crippen molar-refractivity contribution in [1.82, 2.24) is 0 Å². The zero-order chi connectivity index (χ0) is 49.1. The van der Waals surface area contributed by atoms with Gasteiger partial charge in [-0.05, 0) is 109 Å². The molecule has 3 saturated heterocycles. The van der Waals surface area contributed by atoms with E-state index in [9.17, 15) is 65.8 Å². The van der Waals surface area contributed by atoms with Crippen LogP contribution in [0.4, 0.5) is 0 Å². The van der Waals surface area contributed by atoms with Crippen LogP contribution in [0.25, 0.3) is 0 Å². The number of fused-ring (bicyclic) bond motifs is 7. The first kappa shape index (κ1) is 51.4. The van der Waals surface area contributed by atoms with E-state index in [0.29, 0.717) is 25.7 Å². The topological polar surface area (TPSA) is 312 Å². The molecule has 4 saturated carbocycles. The van der Waals surface area contributed by atoms with Crippen molar-refractivity contribution in [2.45, 2.75) is 211 Å². The quantitative estimate of drug-likeness (QED) is 0.0838. The van der Waals surface area contributed by atoms with Crippen LogP contribution in [0.1, 0.15) is 113 Å². The second-order valence-electron chi connectivity index (χ2n) is 23.5. The van der Waals surface area contributed by atoms with Crippen molar-refractivity contribution in [1.29, 1.82) is 0 Å². The molecule has 5 aliphatic carbocycles. The third-order valence-corrected chi connectivity index (χ3v) is 19.3. The van der Waals surface area contributed by atoms with Gasteiger partial charge in [0.2, 0.25) is 6.29 Å². The van der Waals surface area contributed by atoms with Crippen LogP contribution in [0.2, 0.25) is 0 Å². The third kappa shape index (κ3) is 8.06. The van der Waals surface area contributed by atoms with Crippen LogP contribution in [0.3, 0.4) is 0 Å². The second kappa shape index (κ2) is 18.0. The molecule has 0 bridgehead atoms. The molecule has 0 aromatic carbocycles. The van der Waals surface area contributed by atoms with Crippen molar-refractivity contribution in [3.05, 3.63) is 11.6 Å². The summed E-state index contributed by atoms with van der Waals surface area (Å²) in [6.07, 6.45) is -16.4. The number of rotatable bonds is 9. The maximum Gasteiger partial charge on any atom is 0.335 e. The van der Waals surface area contributed by atoms with Crippen molar-refractivity contribution in [3.8, 4) is 0 Å². The highest BCUT2D eigenvalue weighted by Crippen LogP contribution is 2.76. The molecule has 0 radical (unpaired) electrons. The van der Waals surface area contributed by atoms with Gasteiger partial charge in [0, 0.05) is 0 Å². The number of carbonyl (C=O) groups is 2. The van der Waals surface area contributed by atoms with Gasteiger partial charge in [0.05, 0.1) is 24.7 Å². The van der Waals surface area contributed by atoms with Gasteiger partial charge in [0.1, 0.15) is 67.1 Å². The van der Waals surface area contributed by atoms with Crippen LogP contribution in [0, 0.1) is 50.2 Å². The molecule has 0 aromatic rings. The largest absolute Gasteiger partial charge is 0.479 e. The standard InChI is InChI=1S/C48H76O19/c1-43(2)14-16-48(42(61)67-40-33(56)31(54)29(52)24(20-50)63-40)17-15-46(6)21(22(48)18-43)8-9-26-45(5)12-11-27(44(3,4)25(45)10-13-47(26,46)7)64-41-35(58)36(34(57)37(66-41)38(59)60)65-39-32(55)30(53)28(51)23(19-49)62-39/h8,22-37,39-41,49-58H,9-20H2,1-7H3,(H,59,60)/t22?,23-,24-,25?,26?,27+,28+,29-,30+,31+,32-,33-,34+,35-,36+,37+,39+,40+,41-,45+,46-,47-,48+/m1/s1. The number of carboxylic acids is 1. The van der Waals surface area contributed by atoms with E-state index in [1.807, 2.05) is 0 Å². The van der Waals surface area contributed by atoms with Gasteiger partial charge in [-0.25, -0.2) is 4.79 Å². The first-order chi connectivity index (χ1) is 31.2. The molecule has 0 amide bonds. The number of hydrogen-bond donors (Lipinski definition) is 11. The zero-order valence-electron chi connectivity index (χ0n) is 39.7. The molecule has 382 valence electrons. The van der Waals surface area contributed by atoms with Crippen molar-refractivity contribution in [2.24, 2.45) is 50.2 Å². The fourth-order valence-electron chi connectivity index (χ4n) is 15.0. The Hall–Kier alpha value is -1.92. The maximum atomic E-state index is 14.7. The van der Waals surface area contributed by atoms with E-state index in [2.05, 4.69) is 54.5 Å². The molecular weight excluding hydrogens is 881 g/mol. The Bertz CT molecular complexity index is 1870. The molecule has 19 heteroatoms. The van der Waals surface area contributed by atoms with Crippen LogP contribution in [0.5, 0.6) is 0 Å². The summed E-state index contributed by atoms with van der Waals surface area (Å²) in [5.74, 6) is -1.91. The lowest BCUT2D eigenvalue weighted by Crippen LogP contribution is -2.67. The van der Waals surface area contributed by atoms with E-state index < -0.39 is 134 Å². The molecule has 67 heavy (non-hydrogen) atoms. The second-order valence-corrected chi connectivity index (χ2v) is 23.5. The fraction of sp³-hybridized carbons (Fsp3) is 0.917. The Morgan fingerprint density at radius 3 is 1.84 bits per heavy atom. The number of allylic oxidation sites excluding steroid dienone is 2. The monoisotopic (exact) mass is 956 g/mol. The van der Waals surface area contributed by atoms with E-state index in [4.69, 9.17) is 28.4 Å². The van der Waals surface area contributed by atoms with Crippen LogP contribution >= 0.6 is 0 Å². The lowest BCUT2D eigenvalue weighted by molar-refractivity contribution is -0.365. The summed E-state index contributed by atoms with van der Waals surface area (Å²) in [5.41, 5.74) is -0.975. The summed E-state index contributed by atoms with van der Waals surface area (Å²) < 4.78 is 35.2. The Morgan fingerprint density at radius 2 is 1.22 bits per heavy atom. The Balaban J connectivity index is 1.03. The normalized spacial score (nSPS) is 52.6. The Morgan fingerprint density at radius 1 is 0.642 bits per heavy atom. The molecule has 7 fully saturated rings. The van der Waals surface area contributed by atoms with Gasteiger partial charge < -0.3 is 84.6 Å². The van der Waals surface area contributed by atoms with Gasteiger partial charge in [0.15, 0.2) is 18.7 Å². The molecule has 11 N–H and O–H groups in total. The van der Waals surface area contributed by atoms with Crippen molar-refractivity contribution < 1.29 is 94.2 Å². The summed E-state index contributed by atoms with van der Waals surface area (Å²) in [5, 5.41) is 115. The van der Waals surface area contributed by atoms with E-state index in [1.54, 1.807) is 0 Å². The minimum absolute atomic E-state index is 0.0786. The third-order valence-electron chi connectivity index (χ3n) is 19.3. The van der Waals surface area contributed by atoms with Gasteiger partial charge in [-0.1, -0.05) is 60.1 Å². The lowest BCUT2D eigenvalue weighted by atomic mass is 9.33. The molecule has 0 spiro atoms. The minimum atomic E-state index is -1.97. The van der Waals surface area contributed by atoms with Crippen LogP contribution in [-0.2, 0) is 38.0 Å². The number of hydrogen-bond acceptors (Lipinski definition) is 18. The fourth-order valence-corrected chi connectivity index (χ4v) is 15.0. The molecule has 19 nitrogen and oxygen atoms in total. The van der Waals surface area contributed by atoms with E-state index in [1.165, 1.54) is 5.57 Å². The van der Waals surface area contributed by atoms with Crippen LogP contribution < -0.4 is 0 Å². The number of aliphatic hydroxyl groups is 10. The molecular formula is C48H76O19. The first-order valence-corrected chi connectivity index (χ1v) is 24.3. The van der Waals surface area contributed by atoms with Crippen LogP contribution in [0.15, 0.2) is 11.6 Å². The highest BCUT2D eigenvalue weighted by atomic mass is 16.7. The predicted molar refractivity (Wildman–Crippen MR) is 231 cm³/mol. The van der Waals surface area contributed by atoms with Crippen LogP contribution in [-0.4, -0.2) is 180 Å². The zero-order valence-corrected chi connectivity index (χ0v) is 39.7. The summed E-state index contributed by atoms with van der Waals surface area (Å²) in [6.45, 7) is 14.4. The average molecular weight is 957 g/mol. The van der Waals surface area contributed by atoms with Gasteiger partial charge >= 0.3 is 11.9 Å². The predicted octanol–water partition coefficient (Wildman–Crippen LogP) is 0.233. The minimum Gasteiger partial charge on any atom is -0.479 e. The maximum absolute atomic E-state index is 14.7. The molecule has 3 aliphatic heterocycles. The van der Waals surface area contributed by atoms with E-state index >= 15 is 0 Å². The smallest absolute Gasteiger partial charge is 0.335 e. The first-order valence-electron chi connectivity index (χ1n) is 24.3. The lowest BCUT2D eigenvalue weighted by Gasteiger charge is -2.71. The average Bonchev–Trinajstić information content (AvgIpc) is 3.26. The molecule has 8 rings (SSSR count). The summed E-state index contributed by atoms with van der Waals surface area (Å²) in [4.78, 5) is 27.1. The van der Waals surface area contributed by atoms with Gasteiger partial charge in [-0.3, -0.25) is 4.79 Å². The molecule has 3 heterocycles. The summed E-state index contributed by atoms with van der Waals surface area (Å²) in [6, 6.07) is 0. The Kier molecular flexibility index (Phi) is 13.8. The number of carboxylic acid groups (broad SMARTS) is 1. The van der Waals surface area contributed by atoms with Gasteiger partial charge in [0.25, 0.3) is 0 Å². The van der Waals surface area contributed by atoms with Crippen molar-refractivity contribution >= 4 is 11.9 Å². The number of ether oxygens (including phenoxy) is 6. The SMILES string of the molecule is CC1(C)CC[C@]2(C(=O)O[C@@H]3O[C@H](CO)[C@@H](O)[C@H](O)[C@H]3O)CC[C@]3(C)C(=CCC4[C@@]5(C)CC[C@H](O[C@@H]6O[C@H](C(=O)O)[C@@H](O)[C@H](O[C@@H]7O[C@H](CO)[C@H](O)[C@H](O)[C@H]7O)[C@H]6O)C(C)(C)C5CC[C@]43C)C2C1. The molecule has 0 aromatic heterocycles. The molecule has 3 unspecified atom stereocenters. The number of esters is 1. The number of aliphatic hydroxyl groups excluding tert-OH is 10. The van der Waals surface area contributed by atoms with Crippen molar-refractivity contribution in [2.75, 3.05) is 13.2 Å². The Labute approximate surface area is 391 Å². The number of carbonyl (C=O) groups excluding carboxylic acids is 1. The van der Waals surface area contributed by atoms with Crippen molar-refractivity contribution in [3.63, 3.8) is 0 Å². The molecule has 23 atom stereocenters. The summed E-state index contributed by atoms with van der Waals surface area (Å²) in [7, 11) is 0. The number of aliphatic carboxylic acids is 1. The van der Waals surface area contributed by atoms with E-state index in [0.717, 1.165) is 38.5 Å². The highest BCUT2D eigenvalue weighted by molar-refractivity contribution is 5.79. The van der Waals surface area contributed by atoms with E-state index in [-0.39, 0.29) is 39.4 Å². The summed E-state index contributed by atoms with van der Waals surface area (Å²) >= 11 is 0. The van der Waals surface area contributed by atoms with Gasteiger partial charge in [-0.2, -0.15) is 0 Å².